The van der Waals surface area contributed by atoms with Crippen molar-refractivity contribution >= 4 is 11.7 Å². The lowest BCUT2D eigenvalue weighted by molar-refractivity contribution is -0.125. The molecule has 8 nitrogen and oxygen atoms in total. The minimum Gasteiger partial charge on any atom is -0.358 e. The van der Waals surface area contributed by atoms with E-state index in [0.717, 1.165) is 56.4 Å². The van der Waals surface area contributed by atoms with Crippen LogP contribution in [-0.4, -0.2) is 52.7 Å². The lowest BCUT2D eigenvalue weighted by atomic mass is 9.93. The van der Waals surface area contributed by atoms with Crippen LogP contribution in [0.15, 0.2) is 39.9 Å². The number of rotatable bonds is 6. The Balaban J connectivity index is 1.21. The fraction of sp³-hybridized carbons (Fsp3) is 0.577. The molecule has 34 heavy (non-hydrogen) atoms. The quantitative estimate of drug-likeness (QED) is 0.699. The summed E-state index contributed by atoms with van der Waals surface area (Å²) in [5, 5.41) is 3.20. The Kier molecular flexibility index (Phi) is 7.56. The zero-order chi connectivity index (χ0) is 24.2. The third-order valence-corrected chi connectivity index (χ3v) is 7.62. The molecule has 0 bridgehead atoms. The molecule has 0 radical (unpaired) electrons. The molecule has 1 aromatic carbocycles. The molecule has 0 atom stereocenters. The van der Waals surface area contributed by atoms with Gasteiger partial charge in [-0.1, -0.05) is 24.3 Å². The highest BCUT2D eigenvalue weighted by Gasteiger charge is 2.27. The molecule has 2 aromatic rings. The average Bonchev–Trinajstić information content (AvgIpc) is 2.86. The van der Waals surface area contributed by atoms with E-state index < -0.39 is 0 Å². The van der Waals surface area contributed by atoms with Crippen LogP contribution >= 0.6 is 0 Å². The summed E-state index contributed by atoms with van der Waals surface area (Å²) in [5.74, 6) is 1.29. The highest BCUT2D eigenvalue weighted by Crippen LogP contribution is 2.23. The first kappa shape index (κ1) is 24.3. The maximum Gasteiger partial charge on any atom is 0.332 e. The predicted molar refractivity (Wildman–Crippen MR) is 134 cm³/mol. The maximum atomic E-state index is 12.8. The molecule has 1 N–H and O–H groups in total. The Morgan fingerprint density at radius 2 is 1.65 bits per heavy atom. The van der Waals surface area contributed by atoms with Crippen molar-refractivity contribution in [2.45, 2.75) is 39.2 Å². The number of carbonyl (C=O) groups excluding carboxylic acids is 1. The lowest BCUT2D eigenvalue weighted by Gasteiger charge is -2.34. The number of hydrogen-bond acceptors (Lipinski definition) is 5. The SMILES string of the molecule is Cc1ccccc1CN1CCC(CNC(=O)C2CCN(c3cc(=O)n(C)c(=O)n3C)CC2)CC1. The van der Waals surface area contributed by atoms with Gasteiger partial charge in [-0.15, -0.1) is 0 Å². The molecule has 0 unspecified atom stereocenters. The van der Waals surface area contributed by atoms with Crippen LogP contribution in [0.1, 0.15) is 36.8 Å². The molecule has 184 valence electrons. The van der Waals surface area contributed by atoms with Crippen LogP contribution in [0.25, 0.3) is 0 Å². The topological polar surface area (TPSA) is 79.6 Å². The number of anilines is 1. The highest BCUT2D eigenvalue weighted by atomic mass is 16.2. The summed E-state index contributed by atoms with van der Waals surface area (Å²) in [7, 11) is 3.17. The first-order chi connectivity index (χ1) is 16.3. The van der Waals surface area contributed by atoms with Gasteiger partial charge in [-0.25, -0.2) is 4.79 Å². The van der Waals surface area contributed by atoms with E-state index in [4.69, 9.17) is 0 Å². The van der Waals surface area contributed by atoms with Crippen LogP contribution in [0.2, 0.25) is 0 Å². The molecule has 3 heterocycles. The normalized spacial score (nSPS) is 18.3. The van der Waals surface area contributed by atoms with Crippen molar-refractivity contribution < 1.29 is 4.79 Å². The van der Waals surface area contributed by atoms with E-state index >= 15 is 0 Å². The van der Waals surface area contributed by atoms with Gasteiger partial charge in [0, 0.05) is 52.3 Å². The summed E-state index contributed by atoms with van der Waals surface area (Å²) >= 11 is 0. The third-order valence-electron chi connectivity index (χ3n) is 7.62. The van der Waals surface area contributed by atoms with Gasteiger partial charge < -0.3 is 10.2 Å². The van der Waals surface area contributed by atoms with Crippen LogP contribution in [0.5, 0.6) is 0 Å². The molecule has 0 aliphatic carbocycles. The molecule has 0 saturated carbocycles. The van der Waals surface area contributed by atoms with Crippen molar-refractivity contribution in [3.8, 4) is 0 Å². The molecule has 2 aliphatic rings. The van der Waals surface area contributed by atoms with Gasteiger partial charge in [-0.3, -0.25) is 23.6 Å². The van der Waals surface area contributed by atoms with E-state index in [0.29, 0.717) is 24.8 Å². The van der Waals surface area contributed by atoms with Crippen LogP contribution in [-0.2, 0) is 25.4 Å². The van der Waals surface area contributed by atoms with E-state index in [1.54, 1.807) is 7.05 Å². The van der Waals surface area contributed by atoms with Gasteiger partial charge in [0.05, 0.1) is 0 Å². The molecule has 0 spiro atoms. The van der Waals surface area contributed by atoms with Crippen molar-refractivity contribution in [1.82, 2.24) is 19.4 Å². The molecule has 2 aliphatic heterocycles. The Morgan fingerprint density at radius 1 is 0.971 bits per heavy atom. The van der Waals surface area contributed by atoms with Gasteiger partial charge in [0.1, 0.15) is 5.82 Å². The molecular weight excluding hydrogens is 430 g/mol. The number of nitrogens with one attached hydrogen (secondary N) is 1. The summed E-state index contributed by atoms with van der Waals surface area (Å²) in [6.45, 7) is 7.39. The number of aromatic nitrogens is 2. The molecule has 1 aromatic heterocycles. The first-order valence-corrected chi connectivity index (χ1v) is 12.4. The minimum atomic E-state index is -0.327. The number of carbonyl (C=O) groups is 1. The Hall–Kier alpha value is -2.87. The van der Waals surface area contributed by atoms with E-state index in [1.807, 2.05) is 4.90 Å². The van der Waals surface area contributed by atoms with Crippen LogP contribution < -0.4 is 21.5 Å². The van der Waals surface area contributed by atoms with E-state index in [-0.39, 0.29) is 23.1 Å². The van der Waals surface area contributed by atoms with E-state index in [9.17, 15) is 14.4 Å². The number of likely N-dealkylation sites (tertiary alicyclic amines) is 1. The second-order valence-corrected chi connectivity index (χ2v) is 9.89. The smallest absolute Gasteiger partial charge is 0.332 e. The molecule has 2 fully saturated rings. The van der Waals surface area contributed by atoms with Gasteiger partial charge in [0.25, 0.3) is 5.56 Å². The van der Waals surface area contributed by atoms with E-state index in [1.165, 1.54) is 28.8 Å². The molecule has 8 heteroatoms. The summed E-state index contributed by atoms with van der Waals surface area (Å²) in [6, 6.07) is 10.1. The second-order valence-electron chi connectivity index (χ2n) is 9.89. The number of nitrogens with zero attached hydrogens (tertiary/aromatic N) is 4. The largest absolute Gasteiger partial charge is 0.358 e. The standard InChI is InChI=1S/C26H37N5O3/c1-19-6-4-5-7-22(19)18-30-12-8-20(9-13-30)17-27-25(33)21-10-14-31(15-11-21)23-16-24(32)29(3)26(34)28(23)2/h4-7,16,20-21H,8-15,17-18H2,1-3H3,(H,27,33). The van der Waals surface area contributed by atoms with Crippen LogP contribution in [0.3, 0.4) is 0 Å². The van der Waals surface area contributed by atoms with Crippen molar-refractivity contribution in [3.63, 3.8) is 0 Å². The summed E-state index contributed by atoms with van der Waals surface area (Å²) in [5.41, 5.74) is 2.12. The van der Waals surface area contributed by atoms with Gasteiger partial charge in [-0.05, 0) is 62.7 Å². The molecule has 2 saturated heterocycles. The highest BCUT2D eigenvalue weighted by molar-refractivity contribution is 5.79. The Morgan fingerprint density at radius 3 is 2.32 bits per heavy atom. The fourth-order valence-electron chi connectivity index (χ4n) is 5.16. The fourth-order valence-corrected chi connectivity index (χ4v) is 5.16. The van der Waals surface area contributed by atoms with Crippen molar-refractivity contribution in [2.24, 2.45) is 25.9 Å². The van der Waals surface area contributed by atoms with Crippen LogP contribution in [0, 0.1) is 18.8 Å². The Labute approximate surface area is 201 Å². The number of amides is 1. The third kappa shape index (κ3) is 5.43. The zero-order valence-electron chi connectivity index (χ0n) is 20.6. The summed E-state index contributed by atoms with van der Waals surface area (Å²) in [4.78, 5) is 41.6. The van der Waals surface area contributed by atoms with Gasteiger partial charge in [0.2, 0.25) is 5.91 Å². The van der Waals surface area contributed by atoms with Gasteiger partial charge >= 0.3 is 5.69 Å². The maximum absolute atomic E-state index is 12.8. The average molecular weight is 468 g/mol. The number of benzene rings is 1. The van der Waals surface area contributed by atoms with Gasteiger partial charge in [-0.2, -0.15) is 0 Å². The minimum absolute atomic E-state index is 0.0130. The van der Waals surface area contributed by atoms with Crippen molar-refractivity contribution in [3.05, 3.63) is 62.3 Å². The summed E-state index contributed by atoms with van der Waals surface area (Å²) in [6.07, 6.45) is 3.68. The Bertz CT molecular complexity index is 1120. The zero-order valence-corrected chi connectivity index (χ0v) is 20.6. The summed E-state index contributed by atoms with van der Waals surface area (Å²) < 4.78 is 2.62. The molecular formula is C26H37N5O3. The predicted octanol–water partition coefficient (Wildman–Crippen LogP) is 1.64. The van der Waals surface area contributed by atoms with Crippen molar-refractivity contribution in [1.29, 1.82) is 0 Å². The van der Waals surface area contributed by atoms with E-state index in [2.05, 4.69) is 41.4 Å². The second kappa shape index (κ2) is 10.6. The first-order valence-electron chi connectivity index (χ1n) is 12.4. The van der Waals surface area contributed by atoms with Gasteiger partial charge in [0.15, 0.2) is 0 Å². The van der Waals surface area contributed by atoms with Crippen molar-refractivity contribution in [2.75, 3.05) is 37.6 Å². The number of hydrogen-bond donors (Lipinski definition) is 1. The van der Waals surface area contributed by atoms with Crippen LogP contribution in [0.4, 0.5) is 5.82 Å². The lowest BCUT2D eigenvalue weighted by Crippen LogP contribution is -2.45. The monoisotopic (exact) mass is 467 g/mol. The molecule has 1 amide bonds. The molecule has 4 rings (SSSR count). The number of aryl methyl sites for hydroxylation is 1. The number of piperidine rings is 2.